The molecule has 0 amide bonds. The van der Waals surface area contributed by atoms with Gasteiger partial charge >= 0.3 is 0 Å². The van der Waals surface area contributed by atoms with E-state index in [4.69, 9.17) is 5.73 Å². The number of nitrogens with two attached hydrogens (primary N) is 1. The summed E-state index contributed by atoms with van der Waals surface area (Å²) in [5.74, 6) is 0.575. The van der Waals surface area contributed by atoms with Crippen molar-refractivity contribution in [2.45, 2.75) is 0 Å². The minimum atomic E-state index is -3.22. The normalized spacial score (nSPS) is 11.8. The van der Waals surface area contributed by atoms with E-state index in [2.05, 4.69) is 31.2 Å². The van der Waals surface area contributed by atoms with Crippen LogP contribution in [0.1, 0.15) is 0 Å². The average molecular weight is 324 g/mol. The number of anilines is 2. The maximum absolute atomic E-state index is 11.5. The first-order valence-corrected chi connectivity index (χ1v) is 7.15. The number of hydrogen-bond donors (Lipinski definition) is 2. The van der Waals surface area contributed by atoms with Crippen molar-refractivity contribution in [2.24, 2.45) is 0 Å². The van der Waals surface area contributed by atoms with Crippen molar-refractivity contribution in [3.05, 3.63) is 10.7 Å². The van der Waals surface area contributed by atoms with E-state index >= 15 is 0 Å². The molecule has 0 atom stereocenters. The zero-order valence-electron chi connectivity index (χ0n) is 9.51. The fraction of sp³-hybridized carbons (Fsp3) is 0.500. The van der Waals surface area contributed by atoms with Crippen LogP contribution >= 0.6 is 15.9 Å². The summed E-state index contributed by atoms with van der Waals surface area (Å²) in [5.41, 5.74) is 5.52. The van der Waals surface area contributed by atoms with Crippen LogP contribution in [-0.4, -0.2) is 49.1 Å². The second kappa shape index (κ2) is 5.61. The van der Waals surface area contributed by atoms with Crippen LogP contribution in [0.2, 0.25) is 0 Å². The predicted molar refractivity (Wildman–Crippen MR) is 70.1 cm³/mol. The van der Waals surface area contributed by atoms with Crippen molar-refractivity contribution >= 4 is 37.7 Å². The summed E-state index contributed by atoms with van der Waals surface area (Å²) in [6.45, 7) is 0.219. The molecule has 0 fully saturated rings. The summed E-state index contributed by atoms with van der Waals surface area (Å²) < 4.78 is 24.6. The highest BCUT2D eigenvalue weighted by atomic mass is 79.9. The molecule has 0 unspecified atom stereocenters. The minimum Gasteiger partial charge on any atom is -0.383 e. The van der Waals surface area contributed by atoms with E-state index in [1.807, 2.05) is 0 Å². The molecule has 1 aromatic heterocycles. The van der Waals surface area contributed by atoms with Crippen molar-refractivity contribution in [3.8, 4) is 0 Å². The number of hydrogen-bond acceptors (Lipinski definition) is 6. The highest BCUT2D eigenvalue weighted by molar-refractivity contribution is 9.10. The number of rotatable bonds is 5. The summed E-state index contributed by atoms with van der Waals surface area (Å²) in [6, 6.07) is 1.56. The Morgan fingerprint density at radius 1 is 1.47 bits per heavy atom. The number of aromatic nitrogens is 2. The third kappa shape index (κ3) is 4.44. The maximum atomic E-state index is 11.5. The van der Waals surface area contributed by atoms with Crippen LogP contribution < -0.4 is 11.1 Å². The van der Waals surface area contributed by atoms with Gasteiger partial charge in [-0.2, -0.15) is 4.98 Å². The highest BCUT2D eigenvalue weighted by Crippen LogP contribution is 2.12. The number of nitrogen functional groups attached to an aromatic ring is 1. The molecule has 0 saturated carbocycles. The van der Waals surface area contributed by atoms with Gasteiger partial charge in [0, 0.05) is 26.7 Å². The Hall–Kier alpha value is -0.930. The van der Waals surface area contributed by atoms with Gasteiger partial charge in [-0.1, -0.05) is 0 Å². The lowest BCUT2D eigenvalue weighted by Gasteiger charge is -2.11. The zero-order valence-corrected chi connectivity index (χ0v) is 11.9. The van der Waals surface area contributed by atoms with Crippen molar-refractivity contribution in [1.29, 1.82) is 0 Å². The van der Waals surface area contributed by atoms with Gasteiger partial charge < -0.3 is 11.1 Å². The van der Waals surface area contributed by atoms with E-state index in [0.717, 1.165) is 0 Å². The van der Waals surface area contributed by atoms with Crippen LogP contribution in [0.3, 0.4) is 0 Å². The molecule has 0 aliphatic carbocycles. The van der Waals surface area contributed by atoms with Crippen molar-refractivity contribution in [3.63, 3.8) is 0 Å². The predicted octanol–water partition coefficient (Wildman–Crippen LogP) is 0.125. The molecule has 1 aromatic rings. The third-order valence-corrected chi connectivity index (χ3v) is 4.15. The Labute approximate surface area is 109 Å². The van der Waals surface area contributed by atoms with Gasteiger partial charge in [-0.3, -0.25) is 0 Å². The molecule has 0 radical (unpaired) electrons. The molecule has 0 aliphatic heterocycles. The highest BCUT2D eigenvalue weighted by Gasteiger charge is 2.13. The van der Waals surface area contributed by atoms with Gasteiger partial charge in [0.15, 0.2) is 0 Å². The summed E-state index contributed by atoms with van der Waals surface area (Å²) in [7, 11) is -0.238. The maximum Gasteiger partial charge on any atom is 0.225 e. The van der Waals surface area contributed by atoms with Crippen LogP contribution in [0.4, 0.5) is 11.8 Å². The van der Waals surface area contributed by atoms with Gasteiger partial charge in [-0.25, -0.2) is 17.7 Å². The fourth-order valence-electron chi connectivity index (χ4n) is 0.988. The second-order valence-electron chi connectivity index (χ2n) is 3.46. The molecule has 0 bridgehead atoms. The van der Waals surface area contributed by atoms with E-state index < -0.39 is 10.0 Å². The minimum absolute atomic E-state index is 0.0320. The first-order chi connectivity index (χ1) is 7.81. The molecule has 1 rings (SSSR count). The van der Waals surface area contributed by atoms with Crippen molar-refractivity contribution in [1.82, 2.24) is 14.3 Å². The summed E-state index contributed by atoms with van der Waals surface area (Å²) >= 11 is 3.17. The average Bonchev–Trinajstić information content (AvgIpc) is 2.15. The van der Waals surface area contributed by atoms with Crippen molar-refractivity contribution in [2.75, 3.05) is 37.4 Å². The molecule has 3 N–H and O–H groups in total. The van der Waals surface area contributed by atoms with Crippen LogP contribution in [0.25, 0.3) is 0 Å². The Morgan fingerprint density at radius 3 is 2.65 bits per heavy atom. The molecular weight excluding hydrogens is 310 g/mol. The topological polar surface area (TPSA) is 101 Å². The zero-order chi connectivity index (χ0) is 13.1. The standard InChI is InChI=1S/C8H14BrN5O2S/c1-14(2)17(15,16)4-3-11-8-12-6(9)5-7(10)13-8/h5H,3-4H2,1-2H3,(H3,10,11,12,13). The van der Waals surface area contributed by atoms with Crippen LogP contribution in [0, 0.1) is 0 Å². The van der Waals surface area contributed by atoms with Crippen LogP contribution in [-0.2, 0) is 10.0 Å². The summed E-state index contributed by atoms with van der Waals surface area (Å²) in [6.07, 6.45) is 0. The van der Waals surface area contributed by atoms with Gasteiger partial charge in [0.25, 0.3) is 0 Å². The summed E-state index contributed by atoms with van der Waals surface area (Å²) in [4.78, 5) is 7.92. The Bertz CT molecular complexity index is 470. The molecule has 0 aliphatic rings. The molecular formula is C8H14BrN5O2S. The van der Waals surface area contributed by atoms with E-state index in [9.17, 15) is 8.42 Å². The first kappa shape index (κ1) is 14.1. The van der Waals surface area contributed by atoms with Gasteiger partial charge in [-0.05, 0) is 15.9 Å². The first-order valence-electron chi connectivity index (χ1n) is 4.75. The molecule has 7 nitrogen and oxygen atoms in total. The van der Waals surface area contributed by atoms with Crippen LogP contribution in [0.15, 0.2) is 10.7 Å². The van der Waals surface area contributed by atoms with Crippen LogP contribution in [0.5, 0.6) is 0 Å². The lowest BCUT2D eigenvalue weighted by molar-refractivity contribution is 0.521. The van der Waals surface area contributed by atoms with Gasteiger partial charge in [0.2, 0.25) is 16.0 Å². The van der Waals surface area contributed by atoms with E-state index in [1.165, 1.54) is 18.4 Å². The Morgan fingerprint density at radius 2 is 2.12 bits per heavy atom. The number of nitrogens with zero attached hydrogens (tertiary/aromatic N) is 3. The smallest absolute Gasteiger partial charge is 0.225 e. The lowest BCUT2D eigenvalue weighted by Crippen LogP contribution is -2.28. The number of halogens is 1. The van der Waals surface area contributed by atoms with Crippen molar-refractivity contribution < 1.29 is 8.42 Å². The fourth-order valence-corrected chi connectivity index (χ4v) is 2.12. The van der Waals surface area contributed by atoms with E-state index in [0.29, 0.717) is 16.4 Å². The SMILES string of the molecule is CN(C)S(=O)(=O)CCNc1nc(N)cc(Br)n1. The Kier molecular flexibility index (Phi) is 4.66. The van der Waals surface area contributed by atoms with Gasteiger partial charge in [0.1, 0.15) is 10.4 Å². The Balaban J connectivity index is 2.57. The molecule has 0 saturated heterocycles. The van der Waals surface area contributed by atoms with E-state index in [1.54, 1.807) is 6.07 Å². The molecule has 9 heteroatoms. The summed E-state index contributed by atoms with van der Waals surface area (Å²) in [5, 5.41) is 2.80. The van der Waals surface area contributed by atoms with Gasteiger partial charge in [-0.15, -0.1) is 0 Å². The number of sulfonamides is 1. The monoisotopic (exact) mass is 323 g/mol. The third-order valence-electron chi connectivity index (χ3n) is 1.91. The van der Waals surface area contributed by atoms with E-state index in [-0.39, 0.29) is 12.3 Å². The molecule has 0 spiro atoms. The lowest BCUT2D eigenvalue weighted by atomic mass is 10.6. The second-order valence-corrected chi connectivity index (χ2v) is 6.58. The van der Waals surface area contributed by atoms with Gasteiger partial charge in [0.05, 0.1) is 5.75 Å². The molecule has 1 heterocycles. The molecule has 17 heavy (non-hydrogen) atoms. The number of nitrogens with one attached hydrogen (secondary N) is 1. The largest absolute Gasteiger partial charge is 0.383 e. The molecule has 0 aromatic carbocycles. The quantitative estimate of drug-likeness (QED) is 0.746. The molecule has 96 valence electrons.